The van der Waals surface area contributed by atoms with E-state index in [2.05, 4.69) is 20.3 Å². The number of ether oxygens (including phenoxy) is 1. The van der Waals surface area contributed by atoms with Crippen molar-refractivity contribution in [2.75, 3.05) is 0 Å². The molecule has 0 atom stereocenters. The number of aromatic nitrogens is 3. The Bertz CT molecular complexity index is 1490. The van der Waals surface area contributed by atoms with E-state index in [1.165, 1.54) is 6.33 Å². The van der Waals surface area contributed by atoms with Gasteiger partial charge in [-0.1, -0.05) is 23.7 Å². The monoisotopic (exact) mass is 484 g/mol. The van der Waals surface area contributed by atoms with Crippen LogP contribution in [0.25, 0.3) is 21.8 Å². The zero-order valence-corrected chi connectivity index (χ0v) is 18.2. The van der Waals surface area contributed by atoms with Gasteiger partial charge in [0.2, 0.25) is 5.88 Å². The van der Waals surface area contributed by atoms with Crippen LogP contribution in [0.1, 0.15) is 23.2 Å². The quantitative estimate of drug-likeness (QED) is 0.353. The summed E-state index contributed by atoms with van der Waals surface area (Å²) in [4.78, 5) is 24.2. The number of hydrogen-bond donors (Lipinski definition) is 2. The maximum atomic E-state index is 13.2. The zero-order chi connectivity index (χ0) is 23.9. The van der Waals surface area contributed by atoms with Gasteiger partial charge < -0.3 is 15.0 Å². The van der Waals surface area contributed by atoms with E-state index in [0.29, 0.717) is 28.2 Å². The van der Waals surface area contributed by atoms with Crippen molar-refractivity contribution in [2.24, 2.45) is 0 Å². The van der Waals surface area contributed by atoms with Crippen LogP contribution < -0.4 is 10.1 Å². The van der Waals surface area contributed by atoms with E-state index in [1.807, 2.05) is 6.07 Å². The number of benzene rings is 2. The topological polar surface area (TPSA) is 79.9 Å². The van der Waals surface area contributed by atoms with Crippen LogP contribution in [0.4, 0.5) is 13.2 Å². The molecule has 0 saturated carbocycles. The van der Waals surface area contributed by atoms with Crippen molar-refractivity contribution in [3.05, 3.63) is 82.9 Å². The van der Waals surface area contributed by atoms with Gasteiger partial charge in [0.1, 0.15) is 17.7 Å². The molecule has 0 bridgehead atoms. The fourth-order valence-electron chi connectivity index (χ4n) is 3.82. The Kier molecular flexibility index (Phi) is 5.49. The SMILES string of the molecule is O=C(NC1=CC(C(F)(F)F)=C(Cl)CC1)c1cccc2cc(Oc3ncnc4[nH]ccc34)ccc12. The fourth-order valence-corrected chi connectivity index (χ4v) is 4.07. The van der Waals surface area contributed by atoms with Gasteiger partial charge in [-0.25, -0.2) is 9.97 Å². The van der Waals surface area contributed by atoms with E-state index in [-0.39, 0.29) is 23.6 Å². The van der Waals surface area contributed by atoms with Gasteiger partial charge in [-0.3, -0.25) is 4.79 Å². The number of fused-ring (bicyclic) bond motifs is 2. The Morgan fingerprint density at radius 2 is 1.94 bits per heavy atom. The van der Waals surface area contributed by atoms with Gasteiger partial charge in [-0.2, -0.15) is 13.2 Å². The lowest BCUT2D eigenvalue weighted by Gasteiger charge is -2.19. The van der Waals surface area contributed by atoms with E-state index in [9.17, 15) is 18.0 Å². The summed E-state index contributed by atoms with van der Waals surface area (Å²) in [5.74, 6) is 0.390. The molecule has 172 valence electrons. The third kappa shape index (κ3) is 4.22. The van der Waals surface area contributed by atoms with E-state index in [0.717, 1.165) is 16.8 Å². The third-order valence-electron chi connectivity index (χ3n) is 5.43. The number of amides is 1. The lowest BCUT2D eigenvalue weighted by molar-refractivity contribution is -0.0890. The van der Waals surface area contributed by atoms with Gasteiger partial charge in [-0.15, -0.1) is 0 Å². The molecule has 1 aliphatic carbocycles. The predicted molar refractivity (Wildman–Crippen MR) is 122 cm³/mol. The van der Waals surface area contributed by atoms with Crippen molar-refractivity contribution in [2.45, 2.75) is 19.0 Å². The second-order valence-electron chi connectivity index (χ2n) is 7.65. The maximum Gasteiger partial charge on any atom is 0.417 e. The highest BCUT2D eigenvalue weighted by molar-refractivity contribution is 6.30. The molecule has 0 radical (unpaired) electrons. The van der Waals surface area contributed by atoms with Crippen LogP contribution in [0.2, 0.25) is 0 Å². The molecule has 10 heteroatoms. The van der Waals surface area contributed by atoms with E-state index in [1.54, 1.807) is 42.6 Å². The summed E-state index contributed by atoms with van der Waals surface area (Å²) in [6.07, 6.45) is -0.344. The van der Waals surface area contributed by atoms with Crippen LogP contribution in [0.3, 0.4) is 0 Å². The first-order chi connectivity index (χ1) is 16.3. The van der Waals surface area contributed by atoms with Crippen molar-refractivity contribution < 1.29 is 22.7 Å². The molecule has 2 N–H and O–H groups in total. The Morgan fingerprint density at radius 3 is 2.76 bits per heavy atom. The number of nitrogens with one attached hydrogen (secondary N) is 2. The number of aromatic amines is 1. The second-order valence-corrected chi connectivity index (χ2v) is 8.11. The van der Waals surface area contributed by atoms with E-state index in [4.69, 9.17) is 16.3 Å². The Hall–Kier alpha value is -3.85. The molecule has 2 aromatic carbocycles. The molecule has 2 heterocycles. The molecule has 0 spiro atoms. The molecule has 1 aliphatic rings. The maximum absolute atomic E-state index is 13.2. The summed E-state index contributed by atoms with van der Waals surface area (Å²) in [6, 6.07) is 12.1. The van der Waals surface area contributed by atoms with Gasteiger partial charge >= 0.3 is 6.18 Å². The number of H-pyrrole nitrogens is 1. The molecule has 1 amide bonds. The van der Waals surface area contributed by atoms with Crippen molar-refractivity contribution >= 4 is 39.3 Å². The van der Waals surface area contributed by atoms with Gasteiger partial charge in [-0.05, 0) is 60.0 Å². The lowest BCUT2D eigenvalue weighted by atomic mass is 10.0. The van der Waals surface area contributed by atoms with Crippen molar-refractivity contribution in [1.82, 2.24) is 20.3 Å². The summed E-state index contributed by atoms with van der Waals surface area (Å²) < 4.78 is 45.5. The minimum Gasteiger partial charge on any atom is -0.438 e. The molecule has 0 unspecified atom stereocenters. The molecule has 34 heavy (non-hydrogen) atoms. The number of carbonyl (C=O) groups is 1. The van der Waals surface area contributed by atoms with Crippen molar-refractivity contribution in [1.29, 1.82) is 0 Å². The minimum absolute atomic E-state index is 0.0101. The van der Waals surface area contributed by atoms with E-state index >= 15 is 0 Å². The predicted octanol–water partition coefficient (Wildman–Crippen LogP) is 6.37. The summed E-state index contributed by atoms with van der Waals surface area (Å²) in [5.41, 5.74) is 0.204. The molecule has 4 aromatic rings. The highest BCUT2D eigenvalue weighted by Gasteiger charge is 2.36. The number of hydrogen-bond acceptors (Lipinski definition) is 4. The normalized spacial score (nSPS) is 14.4. The molecular formula is C24H16ClF3N4O2. The molecule has 0 saturated heterocycles. The standard InChI is InChI=1S/C24H16ClF3N4O2/c25-20-7-4-14(11-19(20)24(26,27)28)32-22(33)17-3-1-2-13-10-15(5-6-16(13)17)34-23-18-8-9-29-21(18)30-12-31-23/h1-3,5-6,8-12H,4,7H2,(H,32,33)(H,29,30,31). The summed E-state index contributed by atoms with van der Waals surface area (Å²) in [5, 5.41) is 4.42. The highest BCUT2D eigenvalue weighted by atomic mass is 35.5. The van der Waals surface area contributed by atoms with Crippen LogP contribution in [-0.4, -0.2) is 27.0 Å². The number of alkyl halides is 3. The molecule has 0 fully saturated rings. The van der Waals surface area contributed by atoms with Gasteiger partial charge in [0, 0.05) is 22.5 Å². The first-order valence-electron chi connectivity index (χ1n) is 10.3. The van der Waals surface area contributed by atoms with Gasteiger partial charge in [0.05, 0.1) is 11.0 Å². The Morgan fingerprint density at radius 1 is 1.09 bits per heavy atom. The second kappa shape index (κ2) is 8.49. The first kappa shape index (κ1) is 22.0. The lowest BCUT2D eigenvalue weighted by Crippen LogP contribution is -2.26. The van der Waals surface area contributed by atoms with Crippen LogP contribution in [0, 0.1) is 0 Å². The van der Waals surface area contributed by atoms with Gasteiger partial charge in [0.25, 0.3) is 5.91 Å². The minimum atomic E-state index is -4.58. The summed E-state index contributed by atoms with van der Waals surface area (Å²) >= 11 is 5.74. The average molecular weight is 485 g/mol. The van der Waals surface area contributed by atoms with Crippen molar-refractivity contribution in [3.63, 3.8) is 0 Å². The molecule has 5 rings (SSSR count). The summed E-state index contributed by atoms with van der Waals surface area (Å²) in [7, 11) is 0. The average Bonchev–Trinajstić information content (AvgIpc) is 3.29. The third-order valence-corrected chi connectivity index (χ3v) is 5.83. The van der Waals surface area contributed by atoms with Crippen molar-refractivity contribution in [3.8, 4) is 11.6 Å². The first-order valence-corrected chi connectivity index (χ1v) is 10.6. The summed E-state index contributed by atoms with van der Waals surface area (Å²) in [6.45, 7) is 0. The molecular weight excluding hydrogens is 469 g/mol. The highest BCUT2D eigenvalue weighted by Crippen LogP contribution is 2.37. The van der Waals surface area contributed by atoms with Crippen LogP contribution in [0.5, 0.6) is 11.6 Å². The largest absolute Gasteiger partial charge is 0.438 e. The molecule has 6 nitrogen and oxygen atoms in total. The number of carbonyl (C=O) groups excluding carboxylic acids is 1. The number of halogens is 4. The van der Waals surface area contributed by atoms with Crippen LogP contribution >= 0.6 is 11.6 Å². The smallest absolute Gasteiger partial charge is 0.417 e. The Balaban J connectivity index is 1.41. The molecule has 2 aromatic heterocycles. The zero-order valence-electron chi connectivity index (χ0n) is 17.4. The van der Waals surface area contributed by atoms with Crippen LogP contribution in [0.15, 0.2) is 77.4 Å². The number of allylic oxidation sites excluding steroid dienone is 4. The van der Waals surface area contributed by atoms with E-state index < -0.39 is 17.7 Å². The number of rotatable bonds is 4. The molecule has 0 aliphatic heterocycles. The Labute approximate surface area is 196 Å². The fraction of sp³-hybridized carbons (Fsp3) is 0.125. The van der Waals surface area contributed by atoms with Crippen LogP contribution in [-0.2, 0) is 0 Å². The van der Waals surface area contributed by atoms with Gasteiger partial charge in [0.15, 0.2) is 0 Å². The number of nitrogens with zero attached hydrogens (tertiary/aromatic N) is 2.